The molecule has 0 radical (unpaired) electrons. The molecule has 0 unspecified atom stereocenters. The van der Waals surface area contributed by atoms with Crippen LogP contribution >= 0.6 is 0 Å². The molecule has 2 aliphatic rings. The van der Waals surface area contributed by atoms with E-state index in [0.29, 0.717) is 5.91 Å². The summed E-state index contributed by atoms with van der Waals surface area (Å²) < 4.78 is 5.38. The van der Waals surface area contributed by atoms with Gasteiger partial charge in [0.2, 0.25) is 5.91 Å². The molecule has 4 nitrogen and oxygen atoms in total. The van der Waals surface area contributed by atoms with Crippen molar-refractivity contribution in [1.29, 1.82) is 0 Å². The Morgan fingerprint density at radius 3 is 2.86 bits per heavy atom. The van der Waals surface area contributed by atoms with Crippen LogP contribution in [0.3, 0.4) is 0 Å². The molecule has 2 atom stereocenters. The zero-order valence-electron chi connectivity index (χ0n) is 13.8. The number of rotatable bonds is 3. The first-order chi connectivity index (χ1) is 10.6. The van der Waals surface area contributed by atoms with Crippen molar-refractivity contribution in [3.05, 3.63) is 29.8 Å². The van der Waals surface area contributed by atoms with Crippen LogP contribution in [0.2, 0.25) is 0 Å². The van der Waals surface area contributed by atoms with Gasteiger partial charge < -0.3 is 15.0 Å². The number of benzene rings is 1. The van der Waals surface area contributed by atoms with Crippen LogP contribution in [0.15, 0.2) is 24.3 Å². The molecule has 2 heterocycles. The van der Waals surface area contributed by atoms with E-state index in [-0.39, 0.29) is 17.4 Å². The molecule has 1 N–H and O–H groups in total. The number of nitrogens with zero attached hydrogens (tertiary/aromatic N) is 1. The number of hydrogen-bond acceptors (Lipinski definition) is 3. The van der Waals surface area contributed by atoms with Gasteiger partial charge in [0, 0.05) is 25.0 Å². The number of carbonyl (C=O) groups is 1. The fraction of sp³-hybridized carbons (Fsp3) is 0.611. The Kier molecular flexibility index (Phi) is 4.13. The fourth-order valence-electron chi connectivity index (χ4n) is 4.03. The Balaban J connectivity index is 2.01. The molecule has 3 rings (SSSR count). The van der Waals surface area contributed by atoms with Gasteiger partial charge in [0.25, 0.3) is 0 Å². The standard InChI is InChI=1S/C18H26N2O2/c1-13(2)20-11-16(14-6-4-7-15(10-14)22-3)18(17(20)21)8-5-9-19-12-18/h4,6-7,10,13,16,19H,5,8-9,11-12H2,1-3H3/t16-,18+/m0/s1. The van der Waals surface area contributed by atoms with Crippen LogP contribution in [0.25, 0.3) is 0 Å². The number of piperidine rings is 1. The number of likely N-dealkylation sites (tertiary alicyclic amines) is 1. The third kappa shape index (κ3) is 2.39. The Bertz CT molecular complexity index is 550. The Hall–Kier alpha value is -1.55. The largest absolute Gasteiger partial charge is 0.497 e. The van der Waals surface area contributed by atoms with E-state index in [9.17, 15) is 4.79 Å². The van der Waals surface area contributed by atoms with E-state index in [2.05, 4.69) is 36.2 Å². The van der Waals surface area contributed by atoms with Crippen molar-refractivity contribution in [3.63, 3.8) is 0 Å². The van der Waals surface area contributed by atoms with Crippen LogP contribution in [0.5, 0.6) is 5.75 Å². The highest BCUT2D eigenvalue weighted by atomic mass is 16.5. The minimum atomic E-state index is -0.283. The van der Waals surface area contributed by atoms with Gasteiger partial charge in [0.1, 0.15) is 5.75 Å². The molecule has 4 heteroatoms. The number of methoxy groups -OCH3 is 1. The number of carbonyl (C=O) groups excluding carboxylic acids is 1. The van der Waals surface area contributed by atoms with Gasteiger partial charge in [0.15, 0.2) is 0 Å². The maximum atomic E-state index is 13.1. The summed E-state index contributed by atoms with van der Waals surface area (Å²) in [6.07, 6.45) is 2.04. The van der Waals surface area contributed by atoms with Gasteiger partial charge in [0.05, 0.1) is 12.5 Å². The van der Waals surface area contributed by atoms with Gasteiger partial charge in [-0.3, -0.25) is 4.79 Å². The molecule has 1 amide bonds. The second-order valence-corrected chi connectivity index (χ2v) is 6.82. The Morgan fingerprint density at radius 2 is 2.23 bits per heavy atom. The Labute approximate surface area is 132 Å². The molecule has 1 aromatic carbocycles. The molecule has 22 heavy (non-hydrogen) atoms. The van der Waals surface area contributed by atoms with E-state index in [1.54, 1.807) is 7.11 Å². The van der Waals surface area contributed by atoms with Gasteiger partial charge in [-0.2, -0.15) is 0 Å². The molecule has 1 aromatic rings. The summed E-state index contributed by atoms with van der Waals surface area (Å²) in [5.74, 6) is 1.43. The summed E-state index contributed by atoms with van der Waals surface area (Å²) in [5, 5.41) is 3.46. The second kappa shape index (κ2) is 5.92. The van der Waals surface area contributed by atoms with Crippen molar-refractivity contribution in [3.8, 4) is 5.75 Å². The zero-order chi connectivity index (χ0) is 15.7. The maximum absolute atomic E-state index is 13.1. The van der Waals surface area contributed by atoms with Crippen LogP contribution in [-0.4, -0.2) is 43.6 Å². The third-order valence-corrected chi connectivity index (χ3v) is 5.27. The molecule has 0 bridgehead atoms. The molecule has 2 fully saturated rings. The molecule has 120 valence electrons. The normalized spacial score (nSPS) is 28.6. The van der Waals surface area contributed by atoms with Crippen molar-refractivity contribution in [2.45, 2.75) is 38.6 Å². The summed E-state index contributed by atoms with van der Waals surface area (Å²) in [7, 11) is 1.69. The molecule has 0 aliphatic carbocycles. The highest BCUT2D eigenvalue weighted by Crippen LogP contribution is 2.48. The second-order valence-electron chi connectivity index (χ2n) is 6.82. The molecule has 0 aromatic heterocycles. The predicted molar refractivity (Wildman–Crippen MR) is 87.1 cm³/mol. The lowest BCUT2D eigenvalue weighted by molar-refractivity contribution is -0.138. The van der Waals surface area contributed by atoms with E-state index in [1.165, 1.54) is 5.56 Å². The summed E-state index contributed by atoms with van der Waals surface area (Å²) in [6, 6.07) is 8.48. The number of nitrogens with one attached hydrogen (secondary N) is 1. The zero-order valence-corrected chi connectivity index (χ0v) is 13.8. The average molecular weight is 302 g/mol. The van der Waals surface area contributed by atoms with Crippen LogP contribution in [0, 0.1) is 5.41 Å². The molecular formula is C18H26N2O2. The quantitative estimate of drug-likeness (QED) is 0.932. The van der Waals surface area contributed by atoms with E-state index in [0.717, 1.165) is 38.2 Å². The number of amides is 1. The van der Waals surface area contributed by atoms with Crippen molar-refractivity contribution in [2.75, 3.05) is 26.7 Å². The van der Waals surface area contributed by atoms with Crippen molar-refractivity contribution in [1.82, 2.24) is 10.2 Å². The van der Waals surface area contributed by atoms with Crippen molar-refractivity contribution < 1.29 is 9.53 Å². The average Bonchev–Trinajstić information content (AvgIpc) is 2.81. The SMILES string of the molecule is COc1cccc([C@@H]2CN(C(C)C)C(=O)[C@@]23CCCNC3)c1. The lowest BCUT2D eigenvalue weighted by atomic mass is 9.69. The summed E-state index contributed by atoms with van der Waals surface area (Å²) >= 11 is 0. The van der Waals surface area contributed by atoms with Crippen LogP contribution in [-0.2, 0) is 4.79 Å². The third-order valence-electron chi connectivity index (χ3n) is 5.27. The number of hydrogen-bond donors (Lipinski definition) is 1. The summed E-state index contributed by atoms with van der Waals surface area (Å²) in [5.41, 5.74) is 0.939. The molecule has 2 saturated heterocycles. The van der Waals surface area contributed by atoms with Crippen molar-refractivity contribution >= 4 is 5.91 Å². The van der Waals surface area contributed by atoms with Crippen LogP contribution in [0.4, 0.5) is 0 Å². The summed E-state index contributed by atoms with van der Waals surface area (Å²) in [4.78, 5) is 15.2. The van der Waals surface area contributed by atoms with Gasteiger partial charge in [-0.25, -0.2) is 0 Å². The minimum Gasteiger partial charge on any atom is -0.497 e. The summed E-state index contributed by atoms with van der Waals surface area (Å²) in [6.45, 7) is 6.83. The lowest BCUT2D eigenvalue weighted by Gasteiger charge is -2.37. The molecule has 0 saturated carbocycles. The van der Waals surface area contributed by atoms with Crippen LogP contribution < -0.4 is 10.1 Å². The van der Waals surface area contributed by atoms with Crippen molar-refractivity contribution in [2.24, 2.45) is 5.41 Å². The predicted octanol–water partition coefficient (Wildman–Crippen LogP) is 2.40. The van der Waals surface area contributed by atoms with Crippen LogP contribution in [0.1, 0.15) is 38.2 Å². The molecule has 2 aliphatic heterocycles. The molecular weight excluding hydrogens is 276 g/mol. The van der Waals surface area contributed by atoms with Gasteiger partial charge in [-0.1, -0.05) is 12.1 Å². The maximum Gasteiger partial charge on any atom is 0.231 e. The van der Waals surface area contributed by atoms with E-state index < -0.39 is 0 Å². The Morgan fingerprint density at radius 1 is 1.41 bits per heavy atom. The smallest absolute Gasteiger partial charge is 0.231 e. The molecule has 1 spiro atoms. The van der Waals surface area contributed by atoms with E-state index >= 15 is 0 Å². The van der Waals surface area contributed by atoms with E-state index in [4.69, 9.17) is 4.74 Å². The van der Waals surface area contributed by atoms with E-state index in [1.807, 2.05) is 12.1 Å². The topological polar surface area (TPSA) is 41.6 Å². The fourth-order valence-corrected chi connectivity index (χ4v) is 4.03. The number of ether oxygens (including phenoxy) is 1. The first-order valence-corrected chi connectivity index (χ1v) is 8.24. The van der Waals surface area contributed by atoms with Gasteiger partial charge in [-0.15, -0.1) is 0 Å². The minimum absolute atomic E-state index is 0.241. The first-order valence-electron chi connectivity index (χ1n) is 8.24. The monoisotopic (exact) mass is 302 g/mol. The highest BCUT2D eigenvalue weighted by molar-refractivity contribution is 5.87. The first kappa shape index (κ1) is 15.3. The lowest BCUT2D eigenvalue weighted by Crippen LogP contribution is -2.48. The van der Waals surface area contributed by atoms with Gasteiger partial charge >= 0.3 is 0 Å². The highest BCUT2D eigenvalue weighted by Gasteiger charge is 2.54. The van der Waals surface area contributed by atoms with Gasteiger partial charge in [-0.05, 0) is 50.9 Å².